The zero-order chi connectivity index (χ0) is 21.7. The van der Waals surface area contributed by atoms with Crippen molar-refractivity contribution < 1.29 is 17.9 Å². The van der Waals surface area contributed by atoms with Gasteiger partial charge >= 0.3 is 0 Å². The molecule has 0 N–H and O–H groups in total. The Labute approximate surface area is 187 Å². The third-order valence-corrected chi connectivity index (χ3v) is 7.73. The molecule has 0 aliphatic carbocycles. The van der Waals surface area contributed by atoms with Gasteiger partial charge in [-0.2, -0.15) is 0 Å². The van der Waals surface area contributed by atoms with Gasteiger partial charge in [-0.3, -0.25) is 4.79 Å². The van der Waals surface area contributed by atoms with Gasteiger partial charge in [0.2, 0.25) is 15.9 Å². The van der Waals surface area contributed by atoms with E-state index in [-0.39, 0.29) is 17.6 Å². The van der Waals surface area contributed by atoms with Crippen LogP contribution in [0.25, 0.3) is 0 Å². The van der Waals surface area contributed by atoms with Gasteiger partial charge in [0, 0.05) is 37.1 Å². The maximum atomic E-state index is 12.8. The molecule has 3 rings (SSSR count). The molecule has 1 saturated heterocycles. The quantitative estimate of drug-likeness (QED) is 0.588. The molecule has 0 aromatic heterocycles. The first-order valence-corrected chi connectivity index (χ1v) is 12.3. The summed E-state index contributed by atoms with van der Waals surface area (Å²) in [5.41, 5.74) is 1.78. The summed E-state index contributed by atoms with van der Waals surface area (Å²) in [6, 6.07) is 15.0. The molecule has 8 heteroatoms. The Morgan fingerprint density at radius 2 is 1.80 bits per heavy atom. The minimum atomic E-state index is -3.40. The number of amides is 1. The number of sulfonamides is 1. The fraction of sp³-hybridized carbons (Fsp3) is 0.409. The molecular formula is C22H27BrN2O4S. The molecule has 30 heavy (non-hydrogen) atoms. The highest BCUT2D eigenvalue weighted by Crippen LogP contribution is 2.24. The largest absolute Gasteiger partial charge is 0.497 e. The molecule has 1 amide bonds. The van der Waals surface area contributed by atoms with Gasteiger partial charge in [-0.25, -0.2) is 12.7 Å². The molecular weight excluding hydrogens is 468 g/mol. The van der Waals surface area contributed by atoms with Crippen LogP contribution in [0.2, 0.25) is 0 Å². The maximum Gasteiger partial charge on any atom is 0.225 e. The molecule has 1 heterocycles. The monoisotopic (exact) mass is 494 g/mol. The van der Waals surface area contributed by atoms with Crippen LogP contribution in [-0.2, 0) is 27.1 Å². The van der Waals surface area contributed by atoms with Crippen LogP contribution in [0.4, 0.5) is 0 Å². The summed E-state index contributed by atoms with van der Waals surface area (Å²) in [6.45, 7) is 1.27. The first kappa shape index (κ1) is 22.8. The number of hydrogen-bond acceptors (Lipinski definition) is 4. The van der Waals surface area contributed by atoms with Crippen molar-refractivity contribution in [2.75, 3.05) is 27.2 Å². The van der Waals surface area contributed by atoms with E-state index in [1.165, 1.54) is 4.31 Å². The fourth-order valence-electron chi connectivity index (χ4n) is 3.70. The average Bonchev–Trinajstić information content (AvgIpc) is 2.73. The molecule has 0 bridgehead atoms. The summed E-state index contributed by atoms with van der Waals surface area (Å²) < 4.78 is 33.1. The van der Waals surface area contributed by atoms with E-state index in [1.807, 2.05) is 48.5 Å². The second-order valence-electron chi connectivity index (χ2n) is 7.60. The maximum absolute atomic E-state index is 12.8. The van der Waals surface area contributed by atoms with Crippen LogP contribution < -0.4 is 4.74 Å². The lowest BCUT2D eigenvalue weighted by atomic mass is 9.96. The van der Waals surface area contributed by atoms with E-state index in [0.29, 0.717) is 32.5 Å². The highest BCUT2D eigenvalue weighted by molar-refractivity contribution is 9.10. The predicted octanol–water partition coefficient (Wildman–Crippen LogP) is 3.66. The molecule has 0 atom stereocenters. The van der Waals surface area contributed by atoms with Gasteiger partial charge in [-0.15, -0.1) is 0 Å². The van der Waals surface area contributed by atoms with Crippen molar-refractivity contribution in [3.63, 3.8) is 0 Å². The van der Waals surface area contributed by atoms with Crippen LogP contribution in [0.5, 0.6) is 5.75 Å². The lowest BCUT2D eigenvalue weighted by Gasteiger charge is -2.32. The number of methoxy groups -OCH3 is 1. The third-order valence-electron chi connectivity index (χ3n) is 5.39. The lowest BCUT2D eigenvalue weighted by molar-refractivity contribution is -0.135. The second kappa shape index (κ2) is 9.94. The molecule has 0 unspecified atom stereocenters. The third kappa shape index (κ3) is 5.83. The normalized spacial score (nSPS) is 15.7. The van der Waals surface area contributed by atoms with Gasteiger partial charge in [0.1, 0.15) is 5.75 Å². The smallest absolute Gasteiger partial charge is 0.225 e. The van der Waals surface area contributed by atoms with Crippen molar-refractivity contribution in [1.29, 1.82) is 0 Å². The van der Waals surface area contributed by atoms with Crippen molar-refractivity contribution in [3.05, 3.63) is 64.1 Å². The molecule has 2 aromatic carbocycles. The van der Waals surface area contributed by atoms with Crippen LogP contribution in [0.15, 0.2) is 53.0 Å². The fourth-order valence-corrected chi connectivity index (χ4v) is 5.70. The van der Waals surface area contributed by atoms with E-state index in [0.717, 1.165) is 21.3 Å². The highest BCUT2D eigenvalue weighted by Gasteiger charge is 2.32. The first-order valence-electron chi connectivity index (χ1n) is 9.88. The Kier molecular flexibility index (Phi) is 7.55. The Morgan fingerprint density at radius 1 is 1.13 bits per heavy atom. The number of ether oxygens (including phenoxy) is 1. The van der Waals surface area contributed by atoms with Crippen LogP contribution in [0.3, 0.4) is 0 Å². The van der Waals surface area contributed by atoms with Crippen molar-refractivity contribution in [1.82, 2.24) is 9.21 Å². The zero-order valence-corrected chi connectivity index (χ0v) is 19.7. The van der Waals surface area contributed by atoms with Crippen LogP contribution in [0.1, 0.15) is 24.0 Å². The van der Waals surface area contributed by atoms with Gasteiger partial charge in [0.05, 0.1) is 12.9 Å². The van der Waals surface area contributed by atoms with E-state index in [4.69, 9.17) is 4.74 Å². The topological polar surface area (TPSA) is 66.9 Å². The second-order valence-corrected chi connectivity index (χ2v) is 10.5. The Balaban J connectivity index is 1.54. The predicted molar refractivity (Wildman–Crippen MR) is 121 cm³/mol. The summed E-state index contributed by atoms with van der Waals surface area (Å²) in [6.07, 6.45) is 1.09. The summed E-state index contributed by atoms with van der Waals surface area (Å²) in [5.74, 6) is 0.673. The molecule has 1 aliphatic heterocycles. The molecule has 6 nitrogen and oxygen atoms in total. The number of benzene rings is 2. The van der Waals surface area contributed by atoms with Crippen molar-refractivity contribution in [3.8, 4) is 5.75 Å². The lowest BCUT2D eigenvalue weighted by Crippen LogP contribution is -2.43. The van der Waals surface area contributed by atoms with E-state index < -0.39 is 10.0 Å². The van der Waals surface area contributed by atoms with Crippen molar-refractivity contribution in [2.24, 2.45) is 5.92 Å². The minimum absolute atomic E-state index is 0.0254. The highest BCUT2D eigenvalue weighted by atomic mass is 79.9. The van der Waals surface area contributed by atoms with Gasteiger partial charge in [-0.1, -0.05) is 40.2 Å². The van der Waals surface area contributed by atoms with Crippen LogP contribution in [0, 0.1) is 5.92 Å². The molecule has 0 spiro atoms. The molecule has 1 fully saturated rings. The summed E-state index contributed by atoms with van der Waals surface area (Å²) in [5, 5.41) is 0. The van der Waals surface area contributed by atoms with Gasteiger partial charge in [-0.05, 0) is 48.2 Å². The zero-order valence-electron chi connectivity index (χ0n) is 17.3. The van der Waals surface area contributed by atoms with Gasteiger partial charge < -0.3 is 9.64 Å². The number of piperidine rings is 1. The Morgan fingerprint density at radius 3 is 2.40 bits per heavy atom. The van der Waals surface area contributed by atoms with E-state index >= 15 is 0 Å². The first-order chi connectivity index (χ1) is 14.3. The molecule has 0 radical (unpaired) electrons. The minimum Gasteiger partial charge on any atom is -0.497 e. The number of carbonyl (C=O) groups excluding carboxylic acids is 1. The van der Waals surface area contributed by atoms with E-state index in [1.54, 1.807) is 19.1 Å². The van der Waals surface area contributed by atoms with E-state index in [2.05, 4.69) is 15.9 Å². The average molecular weight is 495 g/mol. The van der Waals surface area contributed by atoms with Crippen molar-refractivity contribution in [2.45, 2.75) is 25.1 Å². The molecule has 2 aromatic rings. The van der Waals surface area contributed by atoms with Crippen LogP contribution in [-0.4, -0.2) is 50.8 Å². The van der Waals surface area contributed by atoms with Gasteiger partial charge in [0.15, 0.2) is 0 Å². The van der Waals surface area contributed by atoms with E-state index in [9.17, 15) is 13.2 Å². The molecule has 1 aliphatic rings. The number of halogens is 1. The van der Waals surface area contributed by atoms with Crippen LogP contribution >= 0.6 is 15.9 Å². The summed E-state index contributed by atoms with van der Waals surface area (Å²) in [7, 11) is 0.0137. The standard InChI is InChI=1S/C22H27BrN2O4S/c1-24(15-17-6-8-21(29-2)9-7-17)22(26)19-10-12-25(13-11-19)30(27,28)16-18-4-3-5-20(23)14-18/h3-9,14,19H,10-13,15-16H2,1-2H3. The Bertz CT molecular complexity index is 971. The molecule has 162 valence electrons. The summed E-state index contributed by atoms with van der Waals surface area (Å²) in [4.78, 5) is 14.6. The SMILES string of the molecule is COc1ccc(CN(C)C(=O)C2CCN(S(=O)(=O)Cc3cccc(Br)c3)CC2)cc1. The number of hydrogen-bond donors (Lipinski definition) is 0. The summed E-state index contributed by atoms with van der Waals surface area (Å²) >= 11 is 3.38. The number of nitrogens with zero attached hydrogens (tertiary/aromatic N) is 2. The molecule has 0 saturated carbocycles. The number of carbonyl (C=O) groups is 1. The van der Waals surface area contributed by atoms with Crippen molar-refractivity contribution >= 4 is 31.9 Å². The number of rotatable bonds is 7. The van der Waals surface area contributed by atoms with Gasteiger partial charge in [0.25, 0.3) is 0 Å². The Hall–Kier alpha value is -1.90.